The average molecular weight is 357 g/mol. The minimum Gasteiger partial charge on any atom is -0.495 e. The second kappa shape index (κ2) is 9.05. The van der Waals surface area contributed by atoms with Crippen molar-refractivity contribution >= 4 is 27.5 Å². The number of halogens is 1. The first-order valence-corrected chi connectivity index (χ1v) is 8.15. The van der Waals surface area contributed by atoms with E-state index in [1.54, 1.807) is 7.11 Å². The van der Waals surface area contributed by atoms with Crippen LogP contribution in [0.15, 0.2) is 16.6 Å². The van der Waals surface area contributed by atoms with Crippen molar-refractivity contribution in [1.29, 1.82) is 0 Å². The molecule has 1 aromatic carbocycles. The Morgan fingerprint density at radius 3 is 2.71 bits per heavy atom. The summed E-state index contributed by atoms with van der Waals surface area (Å²) in [5.41, 5.74) is 7.31. The highest BCUT2D eigenvalue weighted by Gasteiger charge is 2.13. The molecule has 1 rings (SSSR count). The number of aryl methyl sites for hydroxylation is 1. The lowest BCUT2D eigenvalue weighted by atomic mass is 9.96. The lowest BCUT2D eigenvalue weighted by Crippen LogP contribution is -2.16. The standard InChI is InChI=1S/C16H25BrN2O2/c1-4-12(7-8-18)5-6-15(20)19-16-11(2)9-13(17)10-14(16)21-3/h9-10,12H,4-8,18H2,1-3H3,(H,19,20). The first-order chi connectivity index (χ1) is 10.0. The molecule has 4 nitrogen and oxygen atoms in total. The molecule has 0 aliphatic rings. The van der Waals surface area contributed by atoms with E-state index >= 15 is 0 Å². The molecule has 0 saturated heterocycles. The van der Waals surface area contributed by atoms with Gasteiger partial charge in [0.15, 0.2) is 0 Å². The fraction of sp³-hybridized carbons (Fsp3) is 0.562. The SMILES string of the molecule is CCC(CCN)CCC(=O)Nc1c(C)cc(Br)cc1OC. The fourth-order valence-corrected chi connectivity index (χ4v) is 2.91. The summed E-state index contributed by atoms with van der Waals surface area (Å²) < 4.78 is 6.27. The quantitative estimate of drug-likeness (QED) is 0.743. The number of methoxy groups -OCH3 is 1. The van der Waals surface area contributed by atoms with Gasteiger partial charge in [-0.15, -0.1) is 0 Å². The summed E-state index contributed by atoms with van der Waals surface area (Å²) in [6.07, 6.45) is 3.42. The summed E-state index contributed by atoms with van der Waals surface area (Å²) in [4.78, 5) is 12.1. The highest BCUT2D eigenvalue weighted by Crippen LogP contribution is 2.32. The van der Waals surface area contributed by atoms with Crippen LogP contribution in [0.4, 0.5) is 5.69 Å². The molecule has 0 saturated carbocycles. The zero-order valence-corrected chi connectivity index (χ0v) is 14.6. The molecular formula is C16H25BrN2O2. The maximum atomic E-state index is 12.1. The summed E-state index contributed by atoms with van der Waals surface area (Å²) in [6, 6.07) is 3.81. The van der Waals surface area contributed by atoms with Gasteiger partial charge in [0.25, 0.3) is 0 Å². The largest absolute Gasteiger partial charge is 0.495 e. The maximum Gasteiger partial charge on any atom is 0.224 e. The maximum absolute atomic E-state index is 12.1. The molecule has 3 N–H and O–H groups in total. The van der Waals surface area contributed by atoms with Crippen LogP contribution in [0.5, 0.6) is 5.75 Å². The van der Waals surface area contributed by atoms with Crippen LogP contribution >= 0.6 is 15.9 Å². The number of anilines is 1. The van der Waals surface area contributed by atoms with Crippen molar-refractivity contribution in [3.05, 3.63) is 22.2 Å². The van der Waals surface area contributed by atoms with Crippen LogP contribution in [-0.4, -0.2) is 19.6 Å². The van der Waals surface area contributed by atoms with Crippen LogP contribution in [0.25, 0.3) is 0 Å². The van der Waals surface area contributed by atoms with E-state index in [1.807, 2.05) is 19.1 Å². The van der Waals surface area contributed by atoms with Gasteiger partial charge in [0, 0.05) is 10.9 Å². The Morgan fingerprint density at radius 2 is 2.14 bits per heavy atom. The van der Waals surface area contributed by atoms with E-state index in [0.29, 0.717) is 24.6 Å². The lowest BCUT2D eigenvalue weighted by Gasteiger charge is -2.16. The van der Waals surface area contributed by atoms with E-state index in [-0.39, 0.29) is 5.91 Å². The third kappa shape index (κ3) is 5.67. The molecule has 0 bridgehead atoms. The Morgan fingerprint density at radius 1 is 1.43 bits per heavy atom. The molecule has 0 fully saturated rings. The normalized spacial score (nSPS) is 12.0. The van der Waals surface area contributed by atoms with Crippen molar-refractivity contribution in [2.75, 3.05) is 19.0 Å². The first-order valence-electron chi connectivity index (χ1n) is 7.35. The van der Waals surface area contributed by atoms with Gasteiger partial charge in [-0.2, -0.15) is 0 Å². The van der Waals surface area contributed by atoms with Crippen molar-refractivity contribution in [3.8, 4) is 5.75 Å². The van der Waals surface area contributed by atoms with Gasteiger partial charge in [-0.05, 0) is 49.9 Å². The molecule has 1 atom stereocenters. The molecule has 118 valence electrons. The van der Waals surface area contributed by atoms with E-state index < -0.39 is 0 Å². The number of benzene rings is 1. The second-order valence-electron chi connectivity index (χ2n) is 5.24. The van der Waals surface area contributed by atoms with Crippen LogP contribution in [0.1, 0.15) is 38.2 Å². The molecule has 5 heteroatoms. The Balaban J connectivity index is 2.67. The van der Waals surface area contributed by atoms with E-state index in [2.05, 4.69) is 28.2 Å². The zero-order chi connectivity index (χ0) is 15.8. The van der Waals surface area contributed by atoms with Gasteiger partial charge in [-0.1, -0.05) is 29.3 Å². The number of amides is 1. The topological polar surface area (TPSA) is 64.4 Å². The molecule has 0 aliphatic heterocycles. The summed E-state index contributed by atoms with van der Waals surface area (Å²) in [5.74, 6) is 1.21. The van der Waals surface area contributed by atoms with E-state index in [0.717, 1.165) is 35.0 Å². The van der Waals surface area contributed by atoms with Crippen LogP contribution in [0.2, 0.25) is 0 Å². The molecule has 0 aromatic heterocycles. The summed E-state index contributed by atoms with van der Waals surface area (Å²) in [7, 11) is 1.60. The Kier molecular flexibility index (Phi) is 7.75. The van der Waals surface area contributed by atoms with Crippen LogP contribution < -0.4 is 15.8 Å². The van der Waals surface area contributed by atoms with Crippen molar-refractivity contribution in [1.82, 2.24) is 0 Å². The van der Waals surface area contributed by atoms with Gasteiger partial charge in [0.05, 0.1) is 12.8 Å². The summed E-state index contributed by atoms with van der Waals surface area (Å²) >= 11 is 3.43. The summed E-state index contributed by atoms with van der Waals surface area (Å²) in [5, 5.41) is 2.96. The minimum absolute atomic E-state index is 0.0224. The van der Waals surface area contributed by atoms with E-state index in [9.17, 15) is 4.79 Å². The van der Waals surface area contributed by atoms with Gasteiger partial charge < -0.3 is 15.8 Å². The lowest BCUT2D eigenvalue weighted by molar-refractivity contribution is -0.116. The Bertz CT molecular complexity index is 478. The number of carbonyl (C=O) groups excluding carboxylic acids is 1. The van der Waals surface area contributed by atoms with Crippen molar-refractivity contribution in [3.63, 3.8) is 0 Å². The number of carbonyl (C=O) groups is 1. The van der Waals surface area contributed by atoms with E-state index in [4.69, 9.17) is 10.5 Å². The highest BCUT2D eigenvalue weighted by atomic mass is 79.9. The van der Waals surface area contributed by atoms with Gasteiger partial charge in [0.1, 0.15) is 5.75 Å². The smallest absolute Gasteiger partial charge is 0.224 e. The number of hydrogen-bond acceptors (Lipinski definition) is 3. The molecule has 1 aromatic rings. The monoisotopic (exact) mass is 356 g/mol. The number of nitrogens with two attached hydrogens (primary N) is 1. The molecular weight excluding hydrogens is 332 g/mol. The molecule has 0 aliphatic carbocycles. The predicted molar refractivity (Wildman–Crippen MR) is 90.7 cm³/mol. The highest BCUT2D eigenvalue weighted by molar-refractivity contribution is 9.10. The average Bonchev–Trinajstić information content (AvgIpc) is 2.45. The van der Waals surface area contributed by atoms with Gasteiger partial charge in [-0.25, -0.2) is 0 Å². The number of ether oxygens (including phenoxy) is 1. The van der Waals surface area contributed by atoms with Gasteiger partial charge >= 0.3 is 0 Å². The molecule has 21 heavy (non-hydrogen) atoms. The van der Waals surface area contributed by atoms with Crippen LogP contribution in [-0.2, 0) is 4.79 Å². The fourth-order valence-electron chi connectivity index (χ4n) is 2.36. The zero-order valence-electron chi connectivity index (χ0n) is 13.0. The van der Waals surface area contributed by atoms with Crippen LogP contribution in [0.3, 0.4) is 0 Å². The van der Waals surface area contributed by atoms with Crippen LogP contribution in [0, 0.1) is 12.8 Å². The molecule has 1 unspecified atom stereocenters. The van der Waals surface area contributed by atoms with E-state index in [1.165, 1.54) is 0 Å². The molecule has 1 amide bonds. The predicted octanol–water partition coefficient (Wildman–Crippen LogP) is 3.86. The third-order valence-corrected chi connectivity index (χ3v) is 4.14. The summed E-state index contributed by atoms with van der Waals surface area (Å²) in [6.45, 7) is 4.77. The Hall–Kier alpha value is -1.07. The molecule has 0 radical (unpaired) electrons. The minimum atomic E-state index is 0.0224. The number of hydrogen-bond donors (Lipinski definition) is 2. The Labute approximate surface area is 135 Å². The van der Waals surface area contributed by atoms with Gasteiger partial charge in [0.2, 0.25) is 5.91 Å². The number of nitrogens with one attached hydrogen (secondary N) is 1. The molecule has 0 spiro atoms. The molecule has 0 heterocycles. The number of rotatable bonds is 8. The first kappa shape index (κ1) is 18.0. The van der Waals surface area contributed by atoms with Gasteiger partial charge in [-0.3, -0.25) is 4.79 Å². The third-order valence-electron chi connectivity index (χ3n) is 3.68. The second-order valence-corrected chi connectivity index (χ2v) is 6.15. The van der Waals surface area contributed by atoms with Crippen molar-refractivity contribution < 1.29 is 9.53 Å². The van der Waals surface area contributed by atoms with Crippen molar-refractivity contribution in [2.45, 2.75) is 39.5 Å². The van der Waals surface area contributed by atoms with Crippen molar-refractivity contribution in [2.24, 2.45) is 11.7 Å².